The molecule has 4 nitrogen and oxygen atoms in total. The Morgan fingerprint density at radius 3 is 1.90 bits per heavy atom. The summed E-state index contributed by atoms with van der Waals surface area (Å²) in [4.78, 5) is 14.6. The lowest BCUT2D eigenvalue weighted by Crippen LogP contribution is -2.29. The van der Waals surface area contributed by atoms with Gasteiger partial charge in [0.2, 0.25) is 0 Å². The van der Waals surface area contributed by atoms with E-state index in [4.69, 9.17) is 9.97 Å². The van der Waals surface area contributed by atoms with Crippen molar-refractivity contribution in [1.29, 1.82) is 0 Å². The average Bonchev–Trinajstić information content (AvgIpc) is 3.99. The molecule has 0 atom stereocenters. The predicted molar refractivity (Wildman–Crippen MR) is 242 cm³/mol. The van der Waals surface area contributed by atoms with Crippen LogP contribution in [0, 0.1) is 0 Å². The molecule has 3 aromatic heterocycles. The fourth-order valence-corrected chi connectivity index (χ4v) is 9.83. The first-order chi connectivity index (χ1) is 29.3. The van der Waals surface area contributed by atoms with Crippen molar-refractivity contribution >= 4 is 32.8 Å². The largest absolute Gasteiger partial charge is 0.354 e. The second-order valence-corrected chi connectivity index (χ2v) is 15.4. The van der Waals surface area contributed by atoms with Crippen molar-refractivity contribution in [3.8, 4) is 50.5 Å². The van der Waals surface area contributed by atoms with Crippen LogP contribution >= 0.6 is 0 Å². The summed E-state index contributed by atoms with van der Waals surface area (Å²) in [6, 6.07) is 74.0. The summed E-state index contributed by atoms with van der Waals surface area (Å²) in [7, 11) is 0. The lowest BCUT2D eigenvalue weighted by atomic mass is 9.69. The number of nitrogens with zero attached hydrogens (tertiary/aromatic N) is 3. The minimum absolute atomic E-state index is 0.603. The number of aromatic amines is 1. The van der Waals surface area contributed by atoms with Crippen molar-refractivity contribution in [2.45, 2.75) is 5.41 Å². The van der Waals surface area contributed by atoms with Gasteiger partial charge in [-0.3, -0.25) is 9.55 Å². The molecule has 0 amide bonds. The maximum atomic E-state index is 5.66. The average molecular weight is 753 g/mol. The molecule has 12 rings (SSSR count). The van der Waals surface area contributed by atoms with E-state index in [1.165, 1.54) is 49.7 Å². The molecular weight excluding hydrogens is 717 g/mol. The molecule has 1 aliphatic rings. The summed E-state index contributed by atoms with van der Waals surface area (Å²) in [6.07, 6.45) is 1.92. The molecule has 59 heavy (non-hydrogen) atoms. The van der Waals surface area contributed by atoms with Crippen LogP contribution in [0.25, 0.3) is 83.3 Å². The molecule has 0 saturated heterocycles. The maximum absolute atomic E-state index is 5.66. The molecule has 8 aromatic carbocycles. The van der Waals surface area contributed by atoms with E-state index in [0.29, 0.717) is 0 Å². The van der Waals surface area contributed by atoms with Gasteiger partial charge in [0.25, 0.3) is 0 Å². The van der Waals surface area contributed by atoms with Crippen LogP contribution < -0.4 is 0 Å². The van der Waals surface area contributed by atoms with E-state index in [9.17, 15) is 0 Å². The van der Waals surface area contributed by atoms with Gasteiger partial charge in [-0.1, -0.05) is 158 Å². The van der Waals surface area contributed by atoms with E-state index in [2.05, 4.69) is 210 Å². The minimum Gasteiger partial charge on any atom is -0.354 e. The van der Waals surface area contributed by atoms with Crippen LogP contribution in [0.2, 0.25) is 0 Å². The third-order valence-electron chi connectivity index (χ3n) is 12.3. The molecule has 0 bridgehead atoms. The molecule has 1 N–H and O–H groups in total. The van der Waals surface area contributed by atoms with E-state index in [1.807, 2.05) is 12.3 Å². The number of para-hydroxylation sites is 3. The Morgan fingerprint density at radius 1 is 0.475 bits per heavy atom. The Labute approximate surface area is 341 Å². The number of nitrogens with one attached hydrogen (secondary N) is 1. The Morgan fingerprint density at radius 2 is 1.12 bits per heavy atom. The third kappa shape index (κ3) is 4.90. The van der Waals surface area contributed by atoms with Crippen molar-refractivity contribution in [3.63, 3.8) is 0 Å². The number of hydrogen-bond acceptors (Lipinski definition) is 2. The van der Waals surface area contributed by atoms with Crippen molar-refractivity contribution in [1.82, 2.24) is 19.5 Å². The fourth-order valence-electron chi connectivity index (χ4n) is 9.83. The molecule has 0 radical (unpaired) electrons. The highest BCUT2D eigenvalue weighted by molar-refractivity contribution is 6.18. The molecule has 3 heterocycles. The van der Waals surface area contributed by atoms with Gasteiger partial charge in [0.1, 0.15) is 5.82 Å². The Kier molecular flexibility index (Phi) is 7.41. The number of hydrogen-bond donors (Lipinski definition) is 1. The van der Waals surface area contributed by atoms with Crippen LogP contribution in [-0.4, -0.2) is 19.5 Å². The van der Waals surface area contributed by atoms with E-state index in [-0.39, 0.29) is 0 Å². The summed E-state index contributed by atoms with van der Waals surface area (Å²) in [6.45, 7) is 0. The van der Waals surface area contributed by atoms with Gasteiger partial charge in [-0.15, -0.1) is 0 Å². The van der Waals surface area contributed by atoms with E-state index >= 15 is 0 Å². The highest BCUT2D eigenvalue weighted by Crippen LogP contribution is 2.56. The zero-order valence-corrected chi connectivity index (χ0v) is 32.0. The molecule has 0 spiro atoms. The second-order valence-electron chi connectivity index (χ2n) is 15.4. The molecule has 0 fully saturated rings. The minimum atomic E-state index is -0.603. The molecular formula is C55H36N4. The highest BCUT2D eigenvalue weighted by atomic mass is 15.1. The van der Waals surface area contributed by atoms with Gasteiger partial charge in [-0.2, -0.15) is 0 Å². The first kappa shape index (κ1) is 33.3. The van der Waals surface area contributed by atoms with Gasteiger partial charge >= 0.3 is 0 Å². The number of rotatable bonds is 6. The number of imidazole rings is 1. The van der Waals surface area contributed by atoms with Gasteiger partial charge in [0, 0.05) is 39.3 Å². The lowest BCUT2D eigenvalue weighted by molar-refractivity contribution is 0.735. The predicted octanol–water partition coefficient (Wildman–Crippen LogP) is 13.4. The molecule has 0 aliphatic heterocycles. The third-order valence-corrected chi connectivity index (χ3v) is 12.3. The number of pyridine rings is 1. The molecule has 276 valence electrons. The lowest BCUT2D eigenvalue weighted by Gasteiger charge is -2.33. The quantitative estimate of drug-likeness (QED) is 0.184. The summed E-state index contributed by atoms with van der Waals surface area (Å²) >= 11 is 0. The number of benzene rings is 8. The van der Waals surface area contributed by atoms with E-state index < -0.39 is 5.41 Å². The summed E-state index contributed by atoms with van der Waals surface area (Å²) in [5.74, 6) is 0.884. The van der Waals surface area contributed by atoms with Gasteiger partial charge in [0.15, 0.2) is 0 Å². The van der Waals surface area contributed by atoms with Crippen molar-refractivity contribution in [3.05, 3.63) is 235 Å². The summed E-state index contributed by atoms with van der Waals surface area (Å²) in [5.41, 5.74) is 17.4. The monoisotopic (exact) mass is 752 g/mol. The smallest absolute Gasteiger partial charge is 0.147 e. The molecule has 0 unspecified atom stereocenters. The second kappa shape index (κ2) is 13.1. The molecule has 11 aromatic rings. The number of H-pyrrole nitrogens is 1. The molecule has 0 saturated carbocycles. The normalized spacial score (nSPS) is 12.9. The molecule has 4 heteroatoms. The highest BCUT2D eigenvalue weighted by Gasteiger charge is 2.47. The van der Waals surface area contributed by atoms with Crippen molar-refractivity contribution in [2.24, 2.45) is 0 Å². The number of fused-ring (bicyclic) bond motifs is 7. The van der Waals surface area contributed by atoms with Gasteiger partial charge < -0.3 is 4.98 Å². The summed E-state index contributed by atoms with van der Waals surface area (Å²) < 4.78 is 2.32. The van der Waals surface area contributed by atoms with Crippen LogP contribution in [0.5, 0.6) is 0 Å². The zero-order chi connectivity index (χ0) is 38.9. The SMILES string of the molecule is c1ccc(-c2ccc(-c3nc4c(-c5cccc(C6(c7ccccn7)c7ccccc7-c7ccccc76)c5)cccc4n3-c3ccccc3)c3[nH]c4ccccc4c23)cc1. The van der Waals surface area contributed by atoms with Gasteiger partial charge in [0.05, 0.1) is 27.7 Å². The standard InChI is InChI=1S/C55H36N4/c1-3-17-36(18-4-1)40-32-33-45(53-51(40)44-25-9-12-29-48(44)57-53)54-58-52-41(26-16-30-49(52)59(54)39-21-5-2-6-22-39)37-19-15-20-38(35-37)55(50-31-13-14-34-56-50)46-27-10-7-23-42(46)43-24-8-11-28-47(43)55/h1-35,57H. The van der Waals surface area contributed by atoms with Crippen molar-refractivity contribution in [2.75, 3.05) is 0 Å². The van der Waals surface area contributed by atoms with Crippen LogP contribution in [0.1, 0.15) is 22.4 Å². The van der Waals surface area contributed by atoms with Crippen LogP contribution in [0.15, 0.2) is 212 Å². The van der Waals surface area contributed by atoms with Gasteiger partial charge in [-0.25, -0.2) is 4.98 Å². The Balaban J connectivity index is 1.12. The van der Waals surface area contributed by atoms with Crippen LogP contribution in [0.4, 0.5) is 0 Å². The zero-order valence-electron chi connectivity index (χ0n) is 32.0. The first-order valence-corrected chi connectivity index (χ1v) is 20.2. The fraction of sp³-hybridized carbons (Fsp3) is 0.0182. The van der Waals surface area contributed by atoms with Crippen LogP contribution in [-0.2, 0) is 5.41 Å². The van der Waals surface area contributed by atoms with Crippen molar-refractivity contribution < 1.29 is 0 Å². The van der Waals surface area contributed by atoms with E-state index in [1.54, 1.807) is 0 Å². The number of aromatic nitrogens is 4. The Hall–Kier alpha value is -7.82. The Bertz CT molecular complexity index is 3330. The maximum Gasteiger partial charge on any atom is 0.147 e. The summed E-state index contributed by atoms with van der Waals surface area (Å²) in [5, 5.41) is 2.39. The van der Waals surface area contributed by atoms with Gasteiger partial charge in [-0.05, 0) is 93.0 Å². The molecule has 1 aliphatic carbocycles. The van der Waals surface area contributed by atoms with E-state index in [0.717, 1.165) is 56.0 Å². The first-order valence-electron chi connectivity index (χ1n) is 20.2. The van der Waals surface area contributed by atoms with Crippen LogP contribution in [0.3, 0.4) is 0 Å². The topological polar surface area (TPSA) is 46.5 Å².